The Labute approximate surface area is 120 Å². The van der Waals surface area contributed by atoms with Crippen LogP contribution < -0.4 is 14.8 Å². The monoisotopic (exact) mass is 271 g/mol. The smallest absolute Gasteiger partial charge is 0.124 e. The molecule has 0 aliphatic carbocycles. The minimum absolute atomic E-state index is 0.699. The SMILES string of the molecule is COc1ccc(OC)c(CNc2ccc(C)cc2C)c1. The van der Waals surface area contributed by atoms with Crippen molar-refractivity contribution in [3.8, 4) is 11.5 Å². The molecule has 0 aliphatic rings. The van der Waals surface area contributed by atoms with Gasteiger partial charge in [0, 0.05) is 17.8 Å². The highest BCUT2D eigenvalue weighted by atomic mass is 16.5. The first-order valence-electron chi connectivity index (χ1n) is 6.66. The van der Waals surface area contributed by atoms with Crippen LogP contribution in [0.5, 0.6) is 11.5 Å². The Balaban J connectivity index is 2.17. The largest absolute Gasteiger partial charge is 0.497 e. The predicted octanol–water partition coefficient (Wildman–Crippen LogP) is 3.93. The number of aryl methyl sites for hydroxylation is 2. The lowest BCUT2D eigenvalue weighted by Gasteiger charge is -2.14. The highest BCUT2D eigenvalue weighted by molar-refractivity contribution is 5.53. The van der Waals surface area contributed by atoms with Crippen LogP contribution in [0.25, 0.3) is 0 Å². The molecular weight excluding hydrogens is 250 g/mol. The first-order chi connectivity index (χ1) is 9.63. The van der Waals surface area contributed by atoms with E-state index in [0.717, 1.165) is 22.7 Å². The van der Waals surface area contributed by atoms with E-state index in [1.54, 1.807) is 14.2 Å². The van der Waals surface area contributed by atoms with Crippen LogP contribution in [0.15, 0.2) is 36.4 Å². The lowest BCUT2D eigenvalue weighted by Crippen LogP contribution is -2.03. The molecule has 0 unspecified atom stereocenters. The molecule has 0 aliphatic heterocycles. The van der Waals surface area contributed by atoms with Gasteiger partial charge in [-0.25, -0.2) is 0 Å². The summed E-state index contributed by atoms with van der Waals surface area (Å²) in [5.41, 5.74) is 4.73. The zero-order chi connectivity index (χ0) is 14.5. The molecule has 0 atom stereocenters. The fraction of sp³-hybridized carbons (Fsp3) is 0.294. The Morgan fingerprint density at radius 3 is 2.40 bits per heavy atom. The Morgan fingerprint density at radius 1 is 0.950 bits per heavy atom. The number of nitrogens with one attached hydrogen (secondary N) is 1. The molecule has 2 rings (SSSR count). The minimum atomic E-state index is 0.699. The molecule has 3 heteroatoms. The van der Waals surface area contributed by atoms with E-state index in [9.17, 15) is 0 Å². The third kappa shape index (κ3) is 3.23. The van der Waals surface area contributed by atoms with Gasteiger partial charge in [-0.05, 0) is 43.7 Å². The molecule has 1 N–H and O–H groups in total. The minimum Gasteiger partial charge on any atom is -0.497 e. The molecule has 0 radical (unpaired) electrons. The standard InChI is InChI=1S/C17H21NO2/c1-12-5-7-16(13(2)9-12)18-11-14-10-15(19-3)6-8-17(14)20-4/h5-10,18H,11H2,1-4H3. The Bertz CT molecular complexity index is 594. The second-order valence-corrected chi connectivity index (χ2v) is 4.85. The van der Waals surface area contributed by atoms with Crippen molar-refractivity contribution in [2.75, 3.05) is 19.5 Å². The van der Waals surface area contributed by atoms with Gasteiger partial charge in [-0.15, -0.1) is 0 Å². The Kier molecular flexibility index (Phi) is 4.51. The fourth-order valence-corrected chi connectivity index (χ4v) is 2.22. The van der Waals surface area contributed by atoms with Gasteiger partial charge in [-0.2, -0.15) is 0 Å². The van der Waals surface area contributed by atoms with Gasteiger partial charge in [-0.3, -0.25) is 0 Å². The topological polar surface area (TPSA) is 30.5 Å². The molecule has 0 saturated carbocycles. The zero-order valence-electron chi connectivity index (χ0n) is 12.5. The summed E-state index contributed by atoms with van der Waals surface area (Å²) < 4.78 is 10.6. The molecule has 20 heavy (non-hydrogen) atoms. The average molecular weight is 271 g/mol. The van der Waals surface area contributed by atoms with Gasteiger partial charge in [0.15, 0.2) is 0 Å². The first kappa shape index (κ1) is 14.3. The van der Waals surface area contributed by atoms with E-state index in [2.05, 4.69) is 37.4 Å². The summed E-state index contributed by atoms with van der Waals surface area (Å²) in [7, 11) is 3.35. The van der Waals surface area contributed by atoms with Crippen molar-refractivity contribution >= 4 is 5.69 Å². The molecule has 3 nitrogen and oxygen atoms in total. The molecule has 0 bridgehead atoms. The van der Waals surface area contributed by atoms with Gasteiger partial charge in [0.1, 0.15) is 11.5 Å². The summed E-state index contributed by atoms with van der Waals surface area (Å²) in [6.07, 6.45) is 0. The summed E-state index contributed by atoms with van der Waals surface area (Å²) in [4.78, 5) is 0. The van der Waals surface area contributed by atoms with Gasteiger partial charge < -0.3 is 14.8 Å². The summed E-state index contributed by atoms with van der Waals surface area (Å²) in [5.74, 6) is 1.70. The van der Waals surface area contributed by atoms with Crippen LogP contribution in [0.2, 0.25) is 0 Å². The lowest BCUT2D eigenvalue weighted by molar-refractivity contribution is 0.399. The third-order valence-corrected chi connectivity index (χ3v) is 3.34. The summed E-state index contributed by atoms with van der Waals surface area (Å²) in [6.45, 7) is 4.91. The van der Waals surface area contributed by atoms with E-state index < -0.39 is 0 Å². The first-order valence-corrected chi connectivity index (χ1v) is 6.66. The number of anilines is 1. The normalized spacial score (nSPS) is 10.2. The molecule has 0 saturated heterocycles. The molecule has 0 amide bonds. The van der Waals surface area contributed by atoms with Crippen LogP contribution in [0.1, 0.15) is 16.7 Å². The van der Waals surface area contributed by atoms with Crippen molar-refractivity contribution in [2.24, 2.45) is 0 Å². The lowest BCUT2D eigenvalue weighted by atomic mass is 10.1. The number of rotatable bonds is 5. The fourth-order valence-electron chi connectivity index (χ4n) is 2.22. The van der Waals surface area contributed by atoms with Gasteiger partial charge >= 0.3 is 0 Å². The molecule has 2 aromatic carbocycles. The zero-order valence-corrected chi connectivity index (χ0v) is 12.5. The van der Waals surface area contributed by atoms with Gasteiger partial charge in [0.05, 0.1) is 14.2 Å². The van der Waals surface area contributed by atoms with Crippen molar-refractivity contribution in [3.63, 3.8) is 0 Å². The quantitative estimate of drug-likeness (QED) is 0.893. The summed E-state index contributed by atoms with van der Waals surface area (Å²) in [6, 6.07) is 12.2. The number of methoxy groups -OCH3 is 2. The number of hydrogen-bond donors (Lipinski definition) is 1. The maximum absolute atomic E-state index is 5.39. The van der Waals surface area contributed by atoms with Gasteiger partial charge in [0.25, 0.3) is 0 Å². The highest BCUT2D eigenvalue weighted by Gasteiger charge is 2.06. The van der Waals surface area contributed by atoms with Crippen molar-refractivity contribution in [3.05, 3.63) is 53.1 Å². The predicted molar refractivity (Wildman–Crippen MR) is 82.8 cm³/mol. The number of benzene rings is 2. The number of hydrogen-bond acceptors (Lipinski definition) is 3. The van der Waals surface area contributed by atoms with E-state index in [-0.39, 0.29) is 0 Å². The van der Waals surface area contributed by atoms with Crippen molar-refractivity contribution < 1.29 is 9.47 Å². The average Bonchev–Trinajstić information content (AvgIpc) is 2.46. The maximum atomic E-state index is 5.39. The number of ether oxygens (including phenoxy) is 2. The molecule has 0 spiro atoms. The van der Waals surface area contributed by atoms with Crippen LogP contribution in [-0.4, -0.2) is 14.2 Å². The molecule has 0 heterocycles. The van der Waals surface area contributed by atoms with Crippen molar-refractivity contribution in [1.29, 1.82) is 0 Å². The molecule has 0 fully saturated rings. The molecule has 106 valence electrons. The van der Waals surface area contributed by atoms with E-state index in [1.165, 1.54) is 11.1 Å². The summed E-state index contributed by atoms with van der Waals surface area (Å²) in [5, 5.41) is 3.45. The van der Waals surface area contributed by atoms with E-state index >= 15 is 0 Å². The van der Waals surface area contributed by atoms with Crippen LogP contribution in [-0.2, 0) is 6.54 Å². The van der Waals surface area contributed by atoms with E-state index in [1.807, 2.05) is 18.2 Å². The Hall–Kier alpha value is -2.16. The molecular formula is C17H21NO2. The van der Waals surface area contributed by atoms with Crippen molar-refractivity contribution in [1.82, 2.24) is 0 Å². The third-order valence-electron chi connectivity index (χ3n) is 3.34. The molecule has 0 aromatic heterocycles. The second kappa shape index (κ2) is 6.33. The molecule has 2 aromatic rings. The van der Waals surface area contributed by atoms with E-state index in [4.69, 9.17) is 9.47 Å². The van der Waals surface area contributed by atoms with Crippen molar-refractivity contribution in [2.45, 2.75) is 20.4 Å². The summed E-state index contributed by atoms with van der Waals surface area (Å²) >= 11 is 0. The van der Waals surface area contributed by atoms with Gasteiger partial charge in [0.2, 0.25) is 0 Å². The van der Waals surface area contributed by atoms with Crippen LogP contribution in [0.4, 0.5) is 5.69 Å². The van der Waals surface area contributed by atoms with Crippen LogP contribution in [0, 0.1) is 13.8 Å². The van der Waals surface area contributed by atoms with Crippen LogP contribution in [0.3, 0.4) is 0 Å². The van der Waals surface area contributed by atoms with Crippen LogP contribution >= 0.6 is 0 Å². The van der Waals surface area contributed by atoms with Gasteiger partial charge in [-0.1, -0.05) is 17.7 Å². The maximum Gasteiger partial charge on any atom is 0.124 e. The second-order valence-electron chi connectivity index (χ2n) is 4.85. The Morgan fingerprint density at radius 2 is 1.75 bits per heavy atom. The highest BCUT2D eigenvalue weighted by Crippen LogP contribution is 2.25. The van der Waals surface area contributed by atoms with E-state index in [0.29, 0.717) is 6.54 Å².